The van der Waals surface area contributed by atoms with Crippen LogP contribution < -0.4 is 20.1 Å². The van der Waals surface area contributed by atoms with E-state index in [-0.39, 0.29) is 36.7 Å². The summed E-state index contributed by atoms with van der Waals surface area (Å²) in [7, 11) is 2.00. The molecule has 10 nitrogen and oxygen atoms in total. The number of nitrogens with zero attached hydrogens (tertiary/aromatic N) is 2. The van der Waals surface area contributed by atoms with Crippen LogP contribution in [-0.2, 0) is 24.4 Å². The second kappa shape index (κ2) is 20.8. The Morgan fingerprint density at radius 2 is 1.45 bits per heavy atom. The average Bonchev–Trinajstić information content (AvgIpc) is 3.59. The number of amides is 1. The van der Waals surface area contributed by atoms with Gasteiger partial charge in [-0.05, 0) is 87.5 Å². The van der Waals surface area contributed by atoms with E-state index < -0.39 is 26.1 Å². The van der Waals surface area contributed by atoms with Crippen molar-refractivity contribution in [3.8, 4) is 17.6 Å². The van der Waals surface area contributed by atoms with Gasteiger partial charge in [-0.2, -0.15) is 5.26 Å². The van der Waals surface area contributed by atoms with Gasteiger partial charge in [0.1, 0.15) is 31.5 Å². The Morgan fingerprint density at radius 1 is 0.887 bits per heavy atom. The Morgan fingerprint density at radius 3 is 1.96 bits per heavy atom. The van der Waals surface area contributed by atoms with Crippen LogP contribution in [0.25, 0.3) is 0 Å². The van der Waals surface area contributed by atoms with Crippen molar-refractivity contribution < 1.29 is 28.3 Å². The summed E-state index contributed by atoms with van der Waals surface area (Å²) in [6.07, 6.45) is -0.427. The van der Waals surface area contributed by atoms with Crippen molar-refractivity contribution in [3.63, 3.8) is 0 Å². The first kappa shape index (κ1) is 42.2. The van der Waals surface area contributed by atoms with E-state index in [2.05, 4.69) is 75.0 Å². The molecule has 0 aromatic heterocycles. The quantitative estimate of drug-likeness (QED) is 0.0661. The molecule has 1 heterocycles. The SMILES string of the molecule is COc1ccc(C(OC[C@H]2O[C@@H](C(=O)NCCNCC(C)C)C[C@@H]2P(OCCC#N)N(C(C)C)C(C)C)(c2ccccc2)c2ccc(OC)cc2)cc1. The maximum absolute atomic E-state index is 13.7. The van der Waals surface area contributed by atoms with Gasteiger partial charge >= 0.3 is 0 Å². The molecule has 53 heavy (non-hydrogen) atoms. The molecule has 4 atom stereocenters. The van der Waals surface area contributed by atoms with Crippen LogP contribution in [0.1, 0.15) is 71.1 Å². The maximum Gasteiger partial charge on any atom is 0.249 e. The first-order valence-corrected chi connectivity index (χ1v) is 20.0. The van der Waals surface area contributed by atoms with E-state index in [0.717, 1.165) is 34.7 Å². The number of nitrogens with one attached hydrogen (secondary N) is 2. The second-order valence-corrected chi connectivity index (χ2v) is 16.3. The number of ether oxygens (including phenoxy) is 4. The fraction of sp³-hybridized carbons (Fsp3) is 0.524. The van der Waals surface area contributed by atoms with Crippen molar-refractivity contribution in [2.24, 2.45) is 5.92 Å². The van der Waals surface area contributed by atoms with Crippen molar-refractivity contribution in [2.75, 3.05) is 47.1 Å². The van der Waals surface area contributed by atoms with Gasteiger partial charge in [0.05, 0.1) is 46.0 Å². The zero-order valence-corrected chi connectivity index (χ0v) is 33.6. The number of methoxy groups -OCH3 is 2. The summed E-state index contributed by atoms with van der Waals surface area (Å²) < 4.78 is 34.2. The van der Waals surface area contributed by atoms with E-state index in [1.165, 1.54) is 0 Å². The standard InChI is InChI=1S/C42H59N4O6P/c1-30(2)28-44-24-25-45-41(47)38-27-40(53(51-26-12-23-43)46(31(3)4)32(5)6)39(52-38)29-50-42(33-13-10-9-11-14-33,34-15-19-36(48-7)20-16-34)35-17-21-37(49-8)22-18-35/h9-11,13-22,30-32,38-40,44H,12,24-29H2,1-8H3,(H,45,47)/t38-,39-,40+,53?/m1/s1. The van der Waals surface area contributed by atoms with E-state index >= 15 is 0 Å². The summed E-state index contributed by atoms with van der Waals surface area (Å²) in [5, 5.41) is 15.9. The summed E-state index contributed by atoms with van der Waals surface area (Å²) in [6.45, 7) is 15.5. The third-order valence-electron chi connectivity index (χ3n) is 9.31. The van der Waals surface area contributed by atoms with Gasteiger partial charge in [-0.15, -0.1) is 0 Å². The lowest BCUT2D eigenvalue weighted by atomic mass is 9.80. The summed E-state index contributed by atoms with van der Waals surface area (Å²) in [5.74, 6) is 1.85. The van der Waals surface area contributed by atoms with Gasteiger partial charge in [-0.25, -0.2) is 0 Å². The first-order chi connectivity index (χ1) is 25.5. The van der Waals surface area contributed by atoms with Crippen molar-refractivity contribution in [1.29, 1.82) is 5.26 Å². The molecule has 0 radical (unpaired) electrons. The number of hydrogen-bond donors (Lipinski definition) is 2. The predicted octanol–water partition coefficient (Wildman–Crippen LogP) is 7.26. The lowest BCUT2D eigenvalue weighted by Gasteiger charge is -2.42. The third-order valence-corrected chi connectivity index (χ3v) is 12.3. The lowest BCUT2D eigenvalue weighted by Crippen LogP contribution is -2.41. The number of carbonyl (C=O) groups is 1. The predicted molar refractivity (Wildman–Crippen MR) is 211 cm³/mol. The van der Waals surface area contributed by atoms with Gasteiger partial charge in [0.25, 0.3) is 0 Å². The van der Waals surface area contributed by atoms with Gasteiger partial charge in [-0.3, -0.25) is 9.46 Å². The molecular formula is C42H59N4O6P. The Kier molecular flexibility index (Phi) is 16.5. The molecule has 1 saturated heterocycles. The van der Waals surface area contributed by atoms with Gasteiger partial charge < -0.3 is 34.1 Å². The van der Waals surface area contributed by atoms with Gasteiger partial charge in [-0.1, -0.05) is 68.4 Å². The van der Waals surface area contributed by atoms with E-state index in [1.54, 1.807) is 14.2 Å². The van der Waals surface area contributed by atoms with Crippen LogP contribution >= 0.6 is 8.30 Å². The highest BCUT2D eigenvalue weighted by atomic mass is 31.2. The van der Waals surface area contributed by atoms with Crippen LogP contribution in [0.15, 0.2) is 78.9 Å². The number of nitriles is 1. The largest absolute Gasteiger partial charge is 0.497 e. The minimum atomic E-state index is -1.30. The van der Waals surface area contributed by atoms with Crippen molar-refractivity contribution in [3.05, 3.63) is 95.6 Å². The fourth-order valence-corrected chi connectivity index (χ4v) is 9.58. The van der Waals surface area contributed by atoms with Gasteiger partial charge in [0.15, 0.2) is 0 Å². The zero-order valence-electron chi connectivity index (χ0n) is 32.7. The molecule has 1 fully saturated rings. The van der Waals surface area contributed by atoms with Crippen LogP contribution in [0.3, 0.4) is 0 Å². The highest BCUT2D eigenvalue weighted by Gasteiger charge is 2.48. The smallest absolute Gasteiger partial charge is 0.249 e. The van der Waals surface area contributed by atoms with Crippen molar-refractivity contribution in [1.82, 2.24) is 15.3 Å². The number of benzene rings is 3. The van der Waals surface area contributed by atoms with Gasteiger partial charge in [0.2, 0.25) is 5.91 Å². The molecule has 11 heteroatoms. The Labute approximate surface area is 318 Å². The first-order valence-electron chi connectivity index (χ1n) is 18.7. The van der Waals surface area contributed by atoms with E-state index in [4.69, 9.17) is 23.5 Å². The highest BCUT2D eigenvalue weighted by molar-refractivity contribution is 7.51. The molecule has 288 valence electrons. The monoisotopic (exact) mass is 746 g/mol. The van der Waals surface area contributed by atoms with Crippen molar-refractivity contribution >= 4 is 14.2 Å². The topological polar surface area (TPSA) is 114 Å². The summed E-state index contributed by atoms with van der Waals surface area (Å²) in [5.41, 5.74) is 1.52. The Balaban J connectivity index is 1.77. The van der Waals surface area contributed by atoms with E-state index in [1.807, 2.05) is 66.7 Å². The molecule has 0 aliphatic carbocycles. The maximum atomic E-state index is 13.7. The molecule has 0 spiro atoms. The van der Waals surface area contributed by atoms with E-state index in [0.29, 0.717) is 32.0 Å². The normalized spacial score (nSPS) is 18.1. The minimum absolute atomic E-state index is 0.143. The third kappa shape index (κ3) is 11.0. The molecule has 1 amide bonds. The Hall–Kier alpha value is -3.55. The molecule has 1 unspecified atom stereocenters. The molecule has 4 rings (SSSR count). The molecule has 3 aromatic rings. The summed E-state index contributed by atoms with van der Waals surface area (Å²) >= 11 is 0. The van der Waals surface area contributed by atoms with Crippen LogP contribution in [0, 0.1) is 17.2 Å². The second-order valence-electron chi connectivity index (χ2n) is 14.3. The number of hydrogen-bond acceptors (Lipinski definition) is 9. The molecule has 1 aliphatic heterocycles. The number of carbonyl (C=O) groups excluding carboxylic acids is 1. The van der Waals surface area contributed by atoms with Crippen LogP contribution in [0.2, 0.25) is 0 Å². The fourth-order valence-electron chi connectivity index (χ4n) is 6.91. The minimum Gasteiger partial charge on any atom is -0.497 e. The summed E-state index contributed by atoms with van der Waals surface area (Å²) in [4.78, 5) is 13.7. The van der Waals surface area contributed by atoms with Crippen LogP contribution in [0.4, 0.5) is 0 Å². The summed E-state index contributed by atoms with van der Waals surface area (Å²) in [6, 6.07) is 28.6. The van der Waals surface area contributed by atoms with Crippen LogP contribution in [0.5, 0.6) is 11.5 Å². The number of rotatable bonds is 21. The highest BCUT2D eigenvalue weighted by Crippen LogP contribution is 2.55. The molecule has 0 bridgehead atoms. The molecular weight excluding hydrogens is 687 g/mol. The van der Waals surface area contributed by atoms with Crippen LogP contribution in [-0.4, -0.2) is 87.6 Å². The van der Waals surface area contributed by atoms with Crippen molar-refractivity contribution in [2.45, 2.75) is 89.9 Å². The molecule has 2 N–H and O–H groups in total. The Bertz CT molecular complexity index is 1510. The van der Waals surface area contributed by atoms with Gasteiger partial charge in [0, 0.05) is 30.8 Å². The molecule has 1 aliphatic rings. The molecule has 3 aromatic carbocycles. The van der Waals surface area contributed by atoms with E-state index in [9.17, 15) is 10.1 Å². The molecule has 0 saturated carbocycles. The average molecular weight is 747 g/mol. The zero-order chi connectivity index (χ0) is 38.4. The lowest BCUT2D eigenvalue weighted by molar-refractivity contribution is -0.134.